The molecule has 1 aliphatic rings. The summed E-state index contributed by atoms with van der Waals surface area (Å²) in [6.07, 6.45) is 0.892. The summed E-state index contributed by atoms with van der Waals surface area (Å²) in [6.45, 7) is 7.31. The van der Waals surface area contributed by atoms with Crippen molar-refractivity contribution >= 4 is 17.4 Å². The molecule has 7 heteroatoms. The number of likely N-dealkylation sites (tertiary alicyclic amines) is 1. The van der Waals surface area contributed by atoms with Crippen LogP contribution in [0, 0.1) is 5.92 Å². The van der Waals surface area contributed by atoms with E-state index in [0.717, 1.165) is 12.0 Å². The van der Waals surface area contributed by atoms with Gasteiger partial charge in [0.25, 0.3) is 11.7 Å². The third-order valence-electron chi connectivity index (χ3n) is 6.61. The molecule has 0 bridgehead atoms. The molecule has 1 fully saturated rings. The predicted molar refractivity (Wildman–Crippen MR) is 150 cm³/mol. The fourth-order valence-corrected chi connectivity index (χ4v) is 4.60. The molecule has 0 aliphatic carbocycles. The molecule has 3 aromatic carbocycles. The summed E-state index contributed by atoms with van der Waals surface area (Å²) in [5.41, 5.74) is 1.90. The number of carbonyl (C=O) groups excluding carboxylic acids is 2. The van der Waals surface area contributed by atoms with Crippen LogP contribution in [0.1, 0.15) is 49.9 Å². The van der Waals surface area contributed by atoms with Crippen LogP contribution in [0.4, 0.5) is 0 Å². The fraction of sp³-hybridized carbons (Fsp3) is 0.312. The molecular weight excluding hydrogens is 494 g/mol. The van der Waals surface area contributed by atoms with Crippen LogP contribution in [-0.2, 0) is 16.1 Å². The summed E-state index contributed by atoms with van der Waals surface area (Å²) in [5.74, 6) is 0.433. The molecule has 1 unspecified atom stereocenters. The van der Waals surface area contributed by atoms with E-state index < -0.39 is 17.7 Å². The number of rotatable bonds is 11. The highest BCUT2D eigenvalue weighted by atomic mass is 16.5. The number of methoxy groups -OCH3 is 1. The molecule has 0 saturated carbocycles. The van der Waals surface area contributed by atoms with Crippen molar-refractivity contribution in [2.24, 2.45) is 5.92 Å². The number of nitrogens with zero attached hydrogens (tertiary/aromatic N) is 1. The third-order valence-corrected chi connectivity index (χ3v) is 6.61. The summed E-state index contributed by atoms with van der Waals surface area (Å²) in [5, 5.41) is 11.4. The summed E-state index contributed by atoms with van der Waals surface area (Å²) >= 11 is 0. The number of amides is 1. The lowest BCUT2D eigenvalue weighted by atomic mass is 9.94. The molecule has 1 aliphatic heterocycles. The molecular formula is C32H35NO6. The Bertz CT molecular complexity index is 1350. The average molecular weight is 530 g/mol. The lowest BCUT2D eigenvalue weighted by molar-refractivity contribution is -0.140. The van der Waals surface area contributed by atoms with Crippen LogP contribution >= 0.6 is 0 Å². The number of hydrogen-bond donors (Lipinski definition) is 1. The van der Waals surface area contributed by atoms with Gasteiger partial charge >= 0.3 is 0 Å². The maximum absolute atomic E-state index is 13.4. The van der Waals surface area contributed by atoms with Crippen LogP contribution in [0.15, 0.2) is 78.4 Å². The Kier molecular flexibility index (Phi) is 8.92. The van der Waals surface area contributed by atoms with Gasteiger partial charge in [0.05, 0.1) is 31.9 Å². The molecule has 1 amide bonds. The third kappa shape index (κ3) is 6.25. The first-order valence-corrected chi connectivity index (χ1v) is 13.2. The van der Waals surface area contributed by atoms with Gasteiger partial charge in [-0.15, -0.1) is 0 Å². The van der Waals surface area contributed by atoms with Crippen molar-refractivity contribution in [1.29, 1.82) is 0 Å². The van der Waals surface area contributed by atoms with E-state index >= 15 is 0 Å². The standard InChI is InChI=1S/C32H35NO6/c1-5-38-25-13-9-12-24(18-25)30(34)28-29(33(32(36)31(28)35)20-22-10-7-6-8-11-22)23-14-15-26(27(19-23)37-4)39-17-16-21(2)3/h6-15,18-19,21,29,34H,5,16-17,20H2,1-4H3. The number of ketones is 1. The van der Waals surface area contributed by atoms with E-state index in [4.69, 9.17) is 14.2 Å². The summed E-state index contributed by atoms with van der Waals surface area (Å²) in [6, 6.07) is 20.8. The molecule has 0 radical (unpaired) electrons. The van der Waals surface area contributed by atoms with E-state index in [0.29, 0.717) is 47.5 Å². The average Bonchev–Trinajstić information content (AvgIpc) is 3.18. The van der Waals surface area contributed by atoms with E-state index in [-0.39, 0.29) is 17.9 Å². The van der Waals surface area contributed by atoms with Gasteiger partial charge in [0, 0.05) is 12.1 Å². The first-order valence-electron chi connectivity index (χ1n) is 13.2. The molecule has 204 valence electrons. The monoisotopic (exact) mass is 529 g/mol. The number of benzene rings is 3. The van der Waals surface area contributed by atoms with E-state index in [1.165, 1.54) is 4.90 Å². The second-order valence-electron chi connectivity index (χ2n) is 9.81. The number of aliphatic hydroxyl groups excluding tert-OH is 1. The van der Waals surface area contributed by atoms with Gasteiger partial charge in [-0.05, 0) is 54.7 Å². The summed E-state index contributed by atoms with van der Waals surface area (Å²) in [7, 11) is 1.55. The van der Waals surface area contributed by atoms with Crippen LogP contribution in [-0.4, -0.2) is 42.0 Å². The Hall–Kier alpha value is -4.26. The van der Waals surface area contributed by atoms with Crippen LogP contribution in [0.5, 0.6) is 17.2 Å². The largest absolute Gasteiger partial charge is 0.507 e. The zero-order valence-corrected chi connectivity index (χ0v) is 22.8. The molecule has 0 spiro atoms. The van der Waals surface area contributed by atoms with Gasteiger partial charge in [-0.25, -0.2) is 0 Å². The van der Waals surface area contributed by atoms with Crippen LogP contribution in [0.25, 0.3) is 5.76 Å². The van der Waals surface area contributed by atoms with Gasteiger partial charge in [-0.1, -0.05) is 62.4 Å². The Morgan fingerprint density at radius 3 is 2.41 bits per heavy atom. The molecule has 1 N–H and O–H groups in total. The Labute approximate surface area is 229 Å². The van der Waals surface area contributed by atoms with Crippen molar-refractivity contribution < 1.29 is 28.9 Å². The van der Waals surface area contributed by atoms with E-state index in [2.05, 4.69) is 13.8 Å². The second-order valence-corrected chi connectivity index (χ2v) is 9.81. The molecule has 1 saturated heterocycles. The Balaban J connectivity index is 1.81. The molecule has 1 atom stereocenters. The number of Topliss-reactive ketones (excluding diaryl/α,β-unsaturated/α-hetero) is 1. The van der Waals surface area contributed by atoms with E-state index in [9.17, 15) is 14.7 Å². The maximum atomic E-state index is 13.4. The highest BCUT2D eigenvalue weighted by Gasteiger charge is 2.46. The number of aliphatic hydroxyl groups is 1. The normalized spacial score (nSPS) is 16.5. The lowest BCUT2D eigenvalue weighted by Gasteiger charge is -2.26. The first kappa shape index (κ1) is 27.8. The quantitative estimate of drug-likeness (QED) is 0.182. The molecule has 3 aromatic rings. The second kappa shape index (κ2) is 12.5. The minimum atomic E-state index is -0.834. The van der Waals surface area contributed by atoms with Crippen LogP contribution < -0.4 is 14.2 Å². The number of hydrogen-bond acceptors (Lipinski definition) is 6. The zero-order chi connectivity index (χ0) is 27.9. The van der Waals surface area contributed by atoms with Gasteiger partial charge in [0.2, 0.25) is 0 Å². The predicted octanol–water partition coefficient (Wildman–Crippen LogP) is 6.14. The van der Waals surface area contributed by atoms with Gasteiger partial charge in [-0.3, -0.25) is 9.59 Å². The SMILES string of the molecule is CCOc1cccc(C(O)=C2C(=O)C(=O)N(Cc3ccccc3)C2c2ccc(OCCC(C)C)c(OC)c2)c1. The zero-order valence-electron chi connectivity index (χ0n) is 22.8. The highest BCUT2D eigenvalue weighted by Crippen LogP contribution is 2.43. The van der Waals surface area contributed by atoms with E-state index in [1.54, 1.807) is 43.5 Å². The summed E-state index contributed by atoms with van der Waals surface area (Å²) < 4.78 is 17.2. The smallest absolute Gasteiger partial charge is 0.295 e. The summed E-state index contributed by atoms with van der Waals surface area (Å²) in [4.78, 5) is 28.3. The van der Waals surface area contributed by atoms with Crippen molar-refractivity contribution in [3.63, 3.8) is 0 Å². The van der Waals surface area contributed by atoms with Crippen LogP contribution in [0.2, 0.25) is 0 Å². The van der Waals surface area contributed by atoms with Crippen molar-refractivity contribution in [2.45, 2.75) is 39.8 Å². The molecule has 39 heavy (non-hydrogen) atoms. The highest BCUT2D eigenvalue weighted by molar-refractivity contribution is 6.46. The molecule has 0 aromatic heterocycles. The topological polar surface area (TPSA) is 85.3 Å². The maximum Gasteiger partial charge on any atom is 0.295 e. The van der Waals surface area contributed by atoms with E-state index in [1.807, 2.05) is 43.3 Å². The van der Waals surface area contributed by atoms with Crippen molar-refractivity contribution in [3.8, 4) is 17.2 Å². The van der Waals surface area contributed by atoms with Crippen molar-refractivity contribution in [3.05, 3.63) is 95.1 Å². The first-order chi connectivity index (χ1) is 18.8. The Morgan fingerprint density at radius 1 is 0.949 bits per heavy atom. The lowest BCUT2D eigenvalue weighted by Crippen LogP contribution is -2.29. The van der Waals surface area contributed by atoms with Crippen molar-refractivity contribution in [2.75, 3.05) is 20.3 Å². The van der Waals surface area contributed by atoms with Crippen molar-refractivity contribution in [1.82, 2.24) is 4.90 Å². The number of carbonyl (C=O) groups is 2. The Morgan fingerprint density at radius 2 is 1.72 bits per heavy atom. The van der Waals surface area contributed by atoms with Gasteiger partial charge in [0.1, 0.15) is 11.5 Å². The minimum absolute atomic E-state index is 0.0140. The van der Waals surface area contributed by atoms with Gasteiger partial charge < -0.3 is 24.2 Å². The van der Waals surface area contributed by atoms with Crippen LogP contribution in [0.3, 0.4) is 0 Å². The molecule has 1 heterocycles. The molecule has 7 nitrogen and oxygen atoms in total. The van der Waals surface area contributed by atoms with Gasteiger partial charge in [0.15, 0.2) is 11.5 Å². The fourth-order valence-electron chi connectivity index (χ4n) is 4.60. The number of ether oxygens (including phenoxy) is 3. The molecule has 4 rings (SSSR count). The minimum Gasteiger partial charge on any atom is -0.507 e. The van der Waals surface area contributed by atoms with Gasteiger partial charge in [-0.2, -0.15) is 0 Å².